The molecule has 6 aromatic carbocycles. The van der Waals surface area contributed by atoms with Crippen LogP contribution >= 0.6 is 0 Å². The van der Waals surface area contributed by atoms with Crippen LogP contribution in [-0.4, -0.2) is 19.5 Å². The predicted molar refractivity (Wildman–Crippen MR) is 214 cm³/mol. The number of hydrogen-bond donors (Lipinski definition) is 1. The van der Waals surface area contributed by atoms with Crippen molar-refractivity contribution in [2.24, 2.45) is 7.05 Å². The van der Waals surface area contributed by atoms with Gasteiger partial charge in [0.15, 0.2) is 0 Å². The van der Waals surface area contributed by atoms with Gasteiger partial charge in [0.25, 0.3) is 0 Å². The van der Waals surface area contributed by atoms with Crippen molar-refractivity contribution in [1.82, 2.24) is 19.5 Å². The van der Waals surface area contributed by atoms with Crippen LogP contribution in [0.2, 0.25) is 0 Å². The molecule has 9 rings (SSSR count). The van der Waals surface area contributed by atoms with Crippen molar-refractivity contribution in [1.29, 1.82) is 0 Å². The average Bonchev–Trinajstić information content (AvgIpc) is 3.72. The SMILES string of the molecule is Cn1c(-c2cc(C(C)(C)C)cc3c2[nH]c2ccccc23)nc2c(-c3cc(-c4ccccc4)cc(-c4cc(-c5ccccc5)ccn4)c3)cccc21. The van der Waals surface area contributed by atoms with Gasteiger partial charge in [-0.1, -0.05) is 112 Å². The Labute approximate surface area is 298 Å². The first-order valence-electron chi connectivity index (χ1n) is 17.6. The molecule has 0 radical (unpaired) electrons. The number of aromatic nitrogens is 4. The number of rotatable bonds is 5. The molecule has 3 aromatic heterocycles. The van der Waals surface area contributed by atoms with Gasteiger partial charge in [0.05, 0.1) is 22.2 Å². The summed E-state index contributed by atoms with van der Waals surface area (Å²) in [4.78, 5) is 14.1. The number of benzene rings is 6. The lowest BCUT2D eigenvalue weighted by atomic mass is 9.85. The smallest absolute Gasteiger partial charge is 0.143 e. The fourth-order valence-corrected chi connectivity index (χ4v) is 7.38. The fourth-order valence-electron chi connectivity index (χ4n) is 7.38. The second kappa shape index (κ2) is 12.0. The normalized spacial score (nSPS) is 11.9. The van der Waals surface area contributed by atoms with Crippen molar-refractivity contribution in [2.75, 3.05) is 0 Å². The zero-order valence-corrected chi connectivity index (χ0v) is 29.3. The third-order valence-corrected chi connectivity index (χ3v) is 10.1. The number of para-hydroxylation sites is 2. The van der Waals surface area contributed by atoms with Gasteiger partial charge in [0.2, 0.25) is 0 Å². The lowest BCUT2D eigenvalue weighted by molar-refractivity contribution is 0.591. The van der Waals surface area contributed by atoms with Gasteiger partial charge in [0, 0.05) is 46.2 Å². The summed E-state index contributed by atoms with van der Waals surface area (Å²) in [5, 5.41) is 2.46. The van der Waals surface area contributed by atoms with Crippen LogP contribution in [0.1, 0.15) is 26.3 Å². The lowest BCUT2D eigenvalue weighted by Crippen LogP contribution is -2.11. The van der Waals surface area contributed by atoms with E-state index in [-0.39, 0.29) is 5.41 Å². The zero-order valence-electron chi connectivity index (χ0n) is 29.3. The molecular formula is C47H38N4. The summed E-state index contributed by atoms with van der Waals surface area (Å²) in [5.74, 6) is 0.941. The zero-order chi connectivity index (χ0) is 34.7. The summed E-state index contributed by atoms with van der Waals surface area (Å²) in [6.45, 7) is 6.84. The molecule has 0 aliphatic carbocycles. The van der Waals surface area contributed by atoms with E-state index in [0.717, 1.165) is 72.5 Å². The molecule has 0 fully saturated rings. The van der Waals surface area contributed by atoms with E-state index in [1.165, 1.54) is 21.9 Å². The third-order valence-electron chi connectivity index (χ3n) is 10.1. The maximum Gasteiger partial charge on any atom is 0.143 e. The Morgan fingerprint density at radius 2 is 1.24 bits per heavy atom. The number of imidazole rings is 1. The number of nitrogens with one attached hydrogen (secondary N) is 1. The van der Waals surface area contributed by atoms with Gasteiger partial charge in [-0.25, -0.2) is 4.98 Å². The minimum atomic E-state index is -0.0306. The predicted octanol–water partition coefficient (Wildman–Crippen LogP) is 12.2. The van der Waals surface area contributed by atoms with Crippen LogP contribution in [0.3, 0.4) is 0 Å². The van der Waals surface area contributed by atoms with Gasteiger partial charge in [-0.15, -0.1) is 0 Å². The molecule has 0 unspecified atom stereocenters. The Balaban J connectivity index is 1.26. The van der Waals surface area contributed by atoms with Crippen LogP contribution in [-0.2, 0) is 12.5 Å². The Morgan fingerprint density at radius 1 is 0.549 bits per heavy atom. The Bertz CT molecular complexity index is 2730. The minimum absolute atomic E-state index is 0.0306. The number of hydrogen-bond acceptors (Lipinski definition) is 2. The topological polar surface area (TPSA) is 46.5 Å². The summed E-state index contributed by atoms with van der Waals surface area (Å²) in [6, 6.07) is 52.0. The van der Waals surface area contributed by atoms with E-state index in [1.54, 1.807) is 0 Å². The molecule has 0 bridgehead atoms. The summed E-state index contributed by atoms with van der Waals surface area (Å²) in [6.07, 6.45) is 1.91. The van der Waals surface area contributed by atoms with Crippen LogP contribution in [0, 0.1) is 0 Å². The quantitative estimate of drug-likeness (QED) is 0.200. The molecule has 4 heteroatoms. The fraction of sp³-hybridized carbons (Fsp3) is 0.106. The molecular weight excluding hydrogens is 621 g/mol. The van der Waals surface area contributed by atoms with Crippen LogP contribution < -0.4 is 0 Å². The van der Waals surface area contributed by atoms with Gasteiger partial charge in [-0.3, -0.25) is 4.98 Å². The highest BCUT2D eigenvalue weighted by Crippen LogP contribution is 2.41. The lowest BCUT2D eigenvalue weighted by Gasteiger charge is -2.20. The van der Waals surface area contributed by atoms with Gasteiger partial charge in [-0.05, 0) is 93.4 Å². The van der Waals surface area contributed by atoms with Gasteiger partial charge in [0.1, 0.15) is 5.82 Å². The number of H-pyrrole nitrogens is 1. The molecule has 4 nitrogen and oxygen atoms in total. The van der Waals surface area contributed by atoms with Gasteiger partial charge in [-0.2, -0.15) is 0 Å². The molecule has 0 aliphatic rings. The molecule has 246 valence electrons. The third kappa shape index (κ3) is 5.40. The summed E-state index contributed by atoms with van der Waals surface area (Å²) >= 11 is 0. The van der Waals surface area contributed by atoms with Crippen LogP contribution in [0.4, 0.5) is 0 Å². The number of aryl methyl sites for hydroxylation is 1. The number of pyridine rings is 1. The first-order valence-corrected chi connectivity index (χ1v) is 17.6. The van der Waals surface area contributed by atoms with Crippen molar-refractivity contribution in [2.45, 2.75) is 26.2 Å². The monoisotopic (exact) mass is 658 g/mol. The minimum Gasteiger partial charge on any atom is -0.354 e. The highest BCUT2D eigenvalue weighted by molar-refractivity contribution is 6.12. The number of aromatic amines is 1. The van der Waals surface area contributed by atoms with Crippen LogP contribution in [0.15, 0.2) is 152 Å². The molecule has 0 saturated carbocycles. The first kappa shape index (κ1) is 30.8. The molecule has 0 amide bonds. The summed E-state index contributed by atoms with van der Waals surface area (Å²) in [7, 11) is 2.14. The van der Waals surface area contributed by atoms with E-state index in [4.69, 9.17) is 9.97 Å². The number of nitrogens with zero attached hydrogens (tertiary/aromatic N) is 3. The first-order chi connectivity index (χ1) is 24.8. The molecule has 0 spiro atoms. The Hall–Kier alpha value is -6.26. The van der Waals surface area contributed by atoms with E-state index >= 15 is 0 Å². The van der Waals surface area contributed by atoms with E-state index in [1.807, 2.05) is 6.20 Å². The van der Waals surface area contributed by atoms with Crippen molar-refractivity contribution in [3.8, 4) is 56.0 Å². The van der Waals surface area contributed by atoms with Crippen LogP contribution in [0.25, 0.3) is 88.9 Å². The van der Waals surface area contributed by atoms with E-state index in [2.05, 4.69) is 183 Å². The molecule has 9 aromatic rings. The molecule has 0 saturated heterocycles. The highest BCUT2D eigenvalue weighted by atomic mass is 15.1. The summed E-state index contributed by atoms with van der Waals surface area (Å²) < 4.78 is 2.25. The average molecular weight is 659 g/mol. The molecule has 0 aliphatic heterocycles. The van der Waals surface area contributed by atoms with Crippen molar-refractivity contribution < 1.29 is 0 Å². The van der Waals surface area contributed by atoms with Crippen LogP contribution in [0.5, 0.6) is 0 Å². The van der Waals surface area contributed by atoms with E-state index in [9.17, 15) is 0 Å². The summed E-state index contributed by atoms with van der Waals surface area (Å²) in [5.41, 5.74) is 15.5. The number of fused-ring (bicyclic) bond motifs is 4. The van der Waals surface area contributed by atoms with Gasteiger partial charge < -0.3 is 9.55 Å². The standard InChI is InChI=1S/C47H38N4/c1-47(2,3)36-28-39-38-18-11-12-20-41(38)49-44(39)40(29-36)46-50-45-37(19-13-21-43(45)51(46)4)34-24-33(31-16-9-6-10-17-31)25-35(26-34)42-27-32(22-23-48-42)30-14-7-5-8-15-30/h5-29,49H,1-4H3. The van der Waals surface area contributed by atoms with Crippen molar-refractivity contribution in [3.05, 3.63) is 157 Å². The van der Waals surface area contributed by atoms with Gasteiger partial charge >= 0.3 is 0 Å². The maximum absolute atomic E-state index is 5.49. The highest BCUT2D eigenvalue weighted by Gasteiger charge is 2.23. The second-order valence-electron chi connectivity index (χ2n) is 14.5. The molecule has 3 heterocycles. The van der Waals surface area contributed by atoms with E-state index < -0.39 is 0 Å². The van der Waals surface area contributed by atoms with Crippen molar-refractivity contribution >= 4 is 32.8 Å². The maximum atomic E-state index is 5.49. The van der Waals surface area contributed by atoms with Crippen molar-refractivity contribution in [3.63, 3.8) is 0 Å². The molecule has 0 atom stereocenters. The van der Waals surface area contributed by atoms with E-state index in [0.29, 0.717) is 0 Å². The largest absolute Gasteiger partial charge is 0.354 e. The Morgan fingerprint density at radius 3 is 2.00 bits per heavy atom. The molecule has 51 heavy (non-hydrogen) atoms. The molecule has 1 N–H and O–H groups in total. The Kier molecular flexibility index (Phi) is 7.22. The second-order valence-corrected chi connectivity index (χ2v) is 14.5.